The lowest BCUT2D eigenvalue weighted by Crippen LogP contribution is -2.39. The second-order valence-electron chi connectivity index (χ2n) is 5.39. The van der Waals surface area contributed by atoms with Gasteiger partial charge in [-0.05, 0) is 17.0 Å². The number of hydrogen-bond acceptors (Lipinski definition) is 9. The fourth-order valence-corrected chi connectivity index (χ4v) is 2.87. The van der Waals surface area contributed by atoms with E-state index in [9.17, 15) is 15.0 Å². The molecule has 138 valence electrons. The minimum Gasteiger partial charge on any atom is -0.431 e. The lowest BCUT2D eigenvalue weighted by Gasteiger charge is -2.15. The Bertz CT molecular complexity index is 869. The molecular weight excluding hydrogens is 370 g/mol. The second kappa shape index (κ2) is 6.93. The van der Waals surface area contributed by atoms with Crippen LogP contribution in [0.3, 0.4) is 0 Å². The zero-order valence-corrected chi connectivity index (χ0v) is 14.0. The molecule has 26 heavy (non-hydrogen) atoms. The highest BCUT2D eigenvalue weighted by molar-refractivity contribution is 6.17. The number of rotatable bonds is 4. The van der Waals surface area contributed by atoms with Gasteiger partial charge in [0.2, 0.25) is 0 Å². The summed E-state index contributed by atoms with van der Waals surface area (Å²) in [5, 5.41) is 24.8. The minimum absolute atomic E-state index is 0.190. The van der Waals surface area contributed by atoms with Crippen LogP contribution in [0, 0.1) is 6.57 Å². The van der Waals surface area contributed by atoms with Gasteiger partial charge in [0.15, 0.2) is 23.7 Å². The largest absolute Gasteiger partial charge is 0.509 e. The van der Waals surface area contributed by atoms with Gasteiger partial charge in [-0.1, -0.05) is 11.6 Å². The van der Waals surface area contributed by atoms with E-state index >= 15 is 0 Å². The summed E-state index contributed by atoms with van der Waals surface area (Å²) in [4.78, 5) is 18.7. The number of aromatic nitrogens is 3. The number of alkyl halides is 1. The Morgan fingerprint density at radius 2 is 2.27 bits per heavy atom. The number of ether oxygens (including phenoxy) is 3. The van der Waals surface area contributed by atoms with Crippen molar-refractivity contribution in [2.75, 3.05) is 18.4 Å². The smallest absolute Gasteiger partial charge is 0.431 e. The number of aliphatic hydroxyl groups excluding tert-OH is 2. The molecule has 0 amide bonds. The first kappa shape index (κ1) is 18.2. The fraction of sp³-hybridized carbons (Fsp3) is 0.429. The maximum Gasteiger partial charge on any atom is 0.509 e. The minimum atomic E-state index is -1.86. The van der Waals surface area contributed by atoms with Gasteiger partial charge in [0.05, 0.1) is 0 Å². The van der Waals surface area contributed by atoms with E-state index in [2.05, 4.69) is 19.7 Å². The SMILES string of the molecule is C#[N+][C@@]1(c2ccc3c(N)ncnn23)O[C@H](COC(=O)OCCl)[C@@H](O)[C@H]1O. The molecule has 12 heteroatoms. The molecule has 3 rings (SSSR count). The van der Waals surface area contributed by atoms with Gasteiger partial charge < -0.3 is 25.4 Å². The third-order valence-electron chi connectivity index (χ3n) is 4.01. The molecule has 0 unspecified atom stereocenters. The van der Waals surface area contributed by atoms with E-state index in [1.54, 1.807) is 6.07 Å². The van der Waals surface area contributed by atoms with Crippen molar-refractivity contribution in [3.8, 4) is 6.57 Å². The molecule has 2 aromatic heterocycles. The van der Waals surface area contributed by atoms with Crippen molar-refractivity contribution in [3.05, 3.63) is 29.0 Å². The van der Waals surface area contributed by atoms with Crippen LogP contribution >= 0.6 is 11.6 Å². The summed E-state index contributed by atoms with van der Waals surface area (Å²) in [5.74, 6) is 0.190. The first-order valence-electron chi connectivity index (χ1n) is 7.35. The monoisotopic (exact) mass is 384 g/mol. The maximum absolute atomic E-state index is 11.2. The predicted octanol–water partition coefficient (Wildman–Crippen LogP) is -0.103. The fourth-order valence-electron chi connectivity index (χ4n) is 2.78. The molecule has 4 N–H and O–H groups in total. The lowest BCUT2D eigenvalue weighted by molar-refractivity contribution is -0.0767. The number of halogens is 1. The summed E-state index contributed by atoms with van der Waals surface area (Å²) in [5.41, 5.74) is 4.56. The Morgan fingerprint density at radius 3 is 2.96 bits per heavy atom. The van der Waals surface area contributed by atoms with Crippen LogP contribution in [-0.4, -0.2) is 62.0 Å². The molecule has 1 saturated heterocycles. The Kier molecular flexibility index (Phi) is 4.84. The van der Waals surface area contributed by atoms with E-state index in [0.717, 1.165) is 0 Å². The summed E-state index contributed by atoms with van der Waals surface area (Å²) in [6.07, 6.45) is -4.02. The van der Waals surface area contributed by atoms with Crippen molar-refractivity contribution in [1.82, 2.24) is 14.6 Å². The summed E-state index contributed by atoms with van der Waals surface area (Å²) in [7, 11) is 0. The molecule has 4 atom stereocenters. The topological polar surface area (TPSA) is 146 Å². The van der Waals surface area contributed by atoms with Crippen molar-refractivity contribution < 1.29 is 29.2 Å². The van der Waals surface area contributed by atoms with E-state index in [-0.39, 0.29) is 11.5 Å². The van der Waals surface area contributed by atoms with E-state index < -0.39 is 42.9 Å². The van der Waals surface area contributed by atoms with Gasteiger partial charge in [0.25, 0.3) is 6.57 Å². The van der Waals surface area contributed by atoms with Crippen LogP contribution in [0.25, 0.3) is 10.4 Å². The zero-order chi connectivity index (χ0) is 18.9. The number of aliphatic hydroxyl groups is 2. The zero-order valence-electron chi connectivity index (χ0n) is 13.2. The molecule has 1 aliphatic heterocycles. The number of nitrogens with two attached hydrogens (primary N) is 1. The molecule has 2 aromatic rings. The van der Waals surface area contributed by atoms with Gasteiger partial charge >= 0.3 is 11.9 Å². The molecule has 0 radical (unpaired) electrons. The number of hydrogen-bond donors (Lipinski definition) is 3. The van der Waals surface area contributed by atoms with Gasteiger partial charge in [0.1, 0.15) is 30.7 Å². The maximum atomic E-state index is 11.2. The van der Waals surface area contributed by atoms with Crippen LogP contribution in [0.15, 0.2) is 18.5 Å². The van der Waals surface area contributed by atoms with Crippen LogP contribution in [-0.2, 0) is 19.9 Å². The van der Waals surface area contributed by atoms with E-state index in [1.165, 1.54) is 16.9 Å². The van der Waals surface area contributed by atoms with Crippen molar-refractivity contribution in [3.63, 3.8) is 0 Å². The van der Waals surface area contributed by atoms with Crippen LogP contribution in [0.1, 0.15) is 5.69 Å². The van der Waals surface area contributed by atoms with Crippen molar-refractivity contribution in [2.24, 2.45) is 0 Å². The Balaban J connectivity index is 1.92. The number of nitrogens with zero attached hydrogens (tertiary/aromatic N) is 4. The standard InChI is InChI=1S/C14H15ClN5O6/c1-17-14(9-3-2-7-12(16)18-6-19-20(7)9)11(22)10(21)8(26-14)4-24-13(23)25-5-15/h1-3,6,8,10-11,21-22H,4-5H2,(H2,16,18,19)/q+1/t8-,10-,11-,14+/m1/s1. The van der Waals surface area contributed by atoms with E-state index in [1.807, 2.05) is 0 Å². The molecule has 0 aliphatic carbocycles. The van der Waals surface area contributed by atoms with Gasteiger partial charge in [-0.25, -0.2) is 14.3 Å². The van der Waals surface area contributed by atoms with Gasteiger partial charge in [-0.15, -0.1) is 0 Å². The van der Waals surface area contributed by atoms with Crippen molar-refractivity contribution in [2.45, 2.75) is 24.0 Å². The summed E-state index contributed by atoms with van der Waals surface area (Å²) in [6, 6.07) is 2.72. The Hall–Kier alpha value is -2.65. The lowest BCUT2D eigenvalue weighted by atomic mass is 10.0. The molecular formula is C14H15ClN5O6+. The van der Waals surface area contributed by atoms with Crippen LogP contribution in [0.4, 0.5) is 10.6 Å². The van der Waals surface area contributed by atoms with Crippen molar-refractivity contribution in [1.29, 1.82) is 0 Å². The number of carbonyl (C=O) groups excluding carboxylic acids is 1. The molecule has 0 bridgehead atoms. The summed E-state index contributed by atoms with van der Waals surface area (Å²) in [6.45, 7) is 5.07. The summed E-state index contributed by atoms with van der Waals surface area (Å²) >= 11 is 5.25. The number of anilines is 1. The molecule has 3 heterocycles. The van der Waals surface area contributed by atoms with Gasteiger partial charge in [-0.2, -0.15) is 5.10 Å². The van der Waals surface area contributed by atoms with Gasteiger partial charge in [0, 0.05) is 0 Å². The van der Waals surface area contributed by atoms with Crippen LogP contribution in [0.5, 0.6) is 0 Å². The van der Waals surface area contributed by atoms with E-state index in [4.69, 9.17) is 33.4 Å². The van der Waals surface area contributed by atoms with Crippen LogP contribution < -0.4 is 5.73 Å². The predicted molar refractivity (Wildman–Crippen MR) is 87.4 cm³/mol. The Morgan fingerprint density at radius 1 is 1.50 bits per heavy atom. The number of nitrogen functional groups attached to an aromatic ring is 1. The molecule has 1 fully saturated rings. The molecule has 0 spiro atoms. The molecule has 0 saturated carbocycles. The molecule has 1 aliphatic rings. The first-order chi connectivity index (χ1) is 12.4. The van der Waals surface area contributed by atoms with E-state index in [0.29, 0.717) is 5.52 Å². The average Bonchev–Trinajstić information content (AvgIpc) is 3.16. The van der Waals surface area contributed by atoms with Crippen molar-refractivity contribution >= 4 is 29.1 Å². The highest BCUT2D eigenvalue weighted by Gasteiger charge is 2.66. The average molecular weight is 385 g/mol. The molecule has 11 nitrogen and oxygen atoms in total. The highest BCUT2D eigenvalue weighted by Crippen LogP contribution is 2.42. The number of fused-ring (bicyclic) bond motifs is 1. The third-order valence-corrected chi connectivity index (χ3v) is 4.12. The van der Waals surface area contributed by atoms with Crippen LogP contribution in [0.2, 0.25) is 0 Å². The summed E-state index contributed by atoms with van der Waals surface area (Å²) < 4.78 is 16.2. The quantitative estimate of drug-likeness (QED) is 0.485. The second-order valence-corrected chi connectivity index (χ2v) is 5.61. The van der Waals surface area contributed by atoms with Gasteiger partial charge in [-0.3, -0.25) is 4.74 Å². The Labute approximate surface area is 151 Å². The normalized spacial score (nSPS) is 28.0. The highest BCUT2D eigenvalue weighted by atomic mass is 35.5. The first-order valence-corrected chi connectivity index (χ1v) is 7.88. The number of carbonyl (C=O) groups is 1. The molecule has 0 aromatic carbocycles. The third kappa shape index (κ3) is 2.78.